The molecule has 2 amide bonds. The van der Waals surface area contributed by atoms with Crippen LogP contribution < -0.4 is 4.90 Å². The minimum absolute atomic E-state index is 0. The number of imidazole rings is 1. The number of anilines is 1. The summed E-state index contributed by atoms with van der Waals surface area (Å²) in [7, 11) is 0. The Labute approximate surface area is 190 Å². The second-order valence-corrected chi connectivity index (χ2v) is 7.45. The molecule has 1 saturated heterocycles. The molecule has 4 rings (SSSR count). The first-order valence-corrected chi connectivity index (χ1v) is 9.75. The average molecular weight is 456 g/mol. The van der Waals surface area contributed by atoms with E-state index in [1.807, 2.05) is 12.1 Å². The number of carbonyl (C=O) groups is 2. The van der Waals surface area contributed by atoms with Crippen molar-refractivity contribution in [3.05, 3.63) is 82.9 Å². The molecule has 1 aliphatic rings. The van der Waals surface area contributed by atoms with Crippen LogP contribution in [0.5, 0.6) is 0 Å². The lowest BCUT2D eigenvalue weighted by Crippen LogP contribution is -2.55. The van der Waals surface area contributed by atoms with Crippen LogP contribution in [0.1, 0.15) is 22.9 Å². The van der Waals surface area contributed by atoms with Crippen molar-refractivity contribution in [2.45, 2.75) is 12.5 Å². The number of aromatic amines is 1. The SMILES string of the molecule is Cl.N#Cc1ccc(CC(c2cnc[nH]2)N2CC(=O)N(c3cccc(Cl)c3)CC2=O)cc1. The molecule has 1 unspecified atom stereocenters. The van der Waals surface area contributed by atoms with Gasteiger partial charge in [-0.2, -0.15) is 5.26 Å². The van der Waals surface area contributed by atoms with Crippen molar-refractivity contribution in [3.63, 3.8) is 0 Å². The summed E-state index contributed by atoms with van der Waals surface area (Å²) in [5.74, 6) is -0.343. The van der Waals surface area contributed by atoms with Crippen molar-refractivity contribution in [3.8, 4) is 6.07 Å². The van der Waals surface area contributed by atoms with Crippen molar-refractivity contribution >= 4 is 41.5 Å². The first kappa shape index (κ1) is 22.3. The largest absolute Gasteiger partial charge is 0.347 e. The monoisotopic (exact) mass is 455 g/mol. The average Bonchev–Trinajstić information content (AvgIpc) is 3.28. The van der Waals surface area contributed by atoms with E-state index >= 15 is 0 Å². The van der Waals surface area contributed by atoms with Gasteiger partial charge in [0.25, 0.3) is 0 Å². The van der Waals surface area contributed by atoms with Crippen molar-refractivity contribution in [1.29, 1.82) is 5.26 Å². The number of halogens is 2. The van der Waals surface area contributed by atoms with Crippen molar-refractivity contribution in [2.24, 2.45) is 0 Å². The Balaban J connectivity index is 0.00000272. The molecule has 0 spiro atoms. The van der Waals surface area contributed by atoms with Crippen LogP contribution in [0.4, 0.5) is 5.69 Å². The minimum atomic E-state index is -0.376. The first-order valence-electron chi connectivity index (χ1n) is 9.38. The van der Waals surface area contributed by atoms with Gasteiger partial charge in [-0.25, -0.2) is 4.98 Å². The second kappa shape index (κ2) is 9.65. The summed E-state index contributed by atoms with van der Waals surface area (Å²) in [6, 6.07) is 15.8. The summed E-state index contributed by atoms with van der Waals surface area (Å²) in [6.45, 7) is -0.109. The van der Waals surface area contributed by atoms with Crippen LogP contribution in [0, 0.1) is 11.3 Å². The van der Waals surface area contributed by atoms with Crippen molar-refractivity contribution in [2.75, 3.05) is 18.0 Å². The maximum Gasteiger partial charge on any atom is 0.247 e. The topological polar surface area (TPSA) is 93.1 Å². The number of rotatable bonds is 5. The first-order chi connectivity index (χ1) is 14.5. The molecule has 1 atom stereocenters. The van der Waals surface area contributed by atoms with Gasteiger partial charge in [0.1, 0.15) is 13.1 Å². The number of aromatic nitrogens is 2. The quantitative estimate of drug-likeness (QED) is 0.636. The number of nitrogens with zero attached hydrogens (tertiary/aromatic N) is 4. The van der Waals surface area contributed by atoms with Gasteiger partial charge >= 0.3 is 0 Å². The summed E-state index contributed by atoms with van der Waals surface area (Å²) < 4.78 is 0. The molecular weight excluding hydrogens is 437 g/mol. The Kier molecular flexibility index (Phi) is 6.95. The normalized spacial score (nSPS) is 14.7. The lowest BCUT2D eigenvalue weighted by atomic mass is 10.00. The lowest BCUT2D eigenvalue weighted by Gasteiger charge is -2.38. The number of hydrogen-bond acceptors (Lipinski definition) is 4. The third kappa shape index (κ3) is 4.88. The van der Waals surface area contributed by atoms with E-state index in [1.54, 1.807) is 53.8 Å². The van der Waals surface area contributed by atoms with E-state index in [0.29, 0.717) is 22.7 Å². The summed E-state index contributed by atoms with van der Waals surface area (Å²) in [5.41, 5.74) is 2.87. The third-order valence-electron chi connectivity index (χ3n) is 5.11. The molecule has 2 aromatic carbocycles. The molecule has 3 aromatic rings. The highest BCUT2D eigenvalue weighted by molar-refractivity contribution is 6.31. The highest BCUT2D eigenvalue weighted by atomic mass is 35.5. The summed E-state index contributed by atoms with van der Waals surface area (Å²) in [5, 5.41) is 9.50. The van der Waals surface area contributed by atoms with E-state index in [-0.39, 0.29) is 43.4 Å². The van der Waals surface area contributed by atoms with Crippen LogP contribution in [-0.2, 0) is 16.0 Å². The molecule has 158 valence electrons. The Bertz CT molecular complexity index is 1110. The molecule has 1 N–H and O–H groups in total. The van der Waals surface area contributed by atoms with Gasteiger partial charge in [-0.3, -0.25) is 9.59 Å². The minimum Gasteiger partial charge on any atom is -0.347 e. The van der Waals surface area contributed by atoms with Crippen LogP contribution in [-0.4, -0.2) is 39.8 Å². The number of piperazine rings is 1. The third-order valence-corrected chi connectivity index (χ3v) is 5.34. The fourth-order valence-electron chi connectivity index (χ4n) is 3.57. The maximum absolute atomic E-state index is 13.1. The number of H-pyrrole nitrogens is 1. The van der Waals surface area contributed by atoms with Crippen LogP contribution in [0.15, 0.2) is 61.1 Å². The van der Waals surface area contributed by atoms with Gasteiger partial charge in [-0.05, 0) is 42.3 Å². The van der Waals surface area contributed by atoms with Gasteiger partial charge in [0, 0.05) is 10.7 Å². The number of benzene rings is 2. The highest BCUT2D eigenvalue weighted by Gasteiger charge is 2.36. The molecule has 9 heteroatoms. The Hall–Kier alpha value is -3.34. The molecule has 0 aliphatic carbocycles. The smallest absolute Gasteiger partial charge is 0.247 e. The Morgan fingerprint density at radius 2 is 1.90 bits per heavy atom. The molecular formula is C22H19Cl2N5O2. The highest BCUT2D eigenvalue weighted by Crippen LogP contribution is 2.28. The zero-order chi connectivity index (χ0) is 21.1. The van der Waals surface area contributed by atoms with E-state index in [0.717, 1.165) is 11.3 Å². The van der Waals surface area contributed by atoms with Gasteiger partial charge in [0.15, 0.2) is 0 Å². The van der Waals surface area contributed by atoms with Crippen molar-refractivity contribution in [1.82, 2.24) is 14.9 Å². The van der Waals surface area contributed by atoms with Crippen LogP contribution in [0.25, 0.3) is 0 Å². The second-order valence-electron chi connectivity index (χ2n) is 7.02. The van der Waals surface area contributed by atoms with Gasteiger partial charge in [-0.1, -0.05) is 29.8 Å². The fraction of sp³-hybridized carbons (Fsp3) is 0.182. The molecule has 0 saturated carbocycles. The summed E-state index contributed by atoms with van der Waals surface area (Å²) in [6.07, 6.45) is 3.70. The zero-order valence-corrected chi connectivity index (χ0v) is 17.9. The van der Waals surface area contributed by atoms with Gasteiger partial charge in [0.05, 0.1) is 35.9 Å². The molecule has 1 aromatic heterocycles. The van der Waals surface area contributed by atoms with E-state index in [2.05, 4.69) is 16.0 Å². The molecule has 1 aliphatic heterocycles. The summed E-state index contributed by atoms with van der Waals surface area (Å²) in [4.78, 5) is 36.1. The van der Waals surface area contributed by atoms with Crippen molar-refractivity contribution < 1.29 is 9.59 Å². The van der Waals surface area contributed by atoms with Crippen LogP contribution >= 0.6 is 24.0 Å². The van der Waals surface area contributed by atoms with E-state index < -0.39 is 0 Å². The molecule has 0 bridgehead atoms. The van der Waals surface area contributed by atoms with Crippen LogP contribution in [0.3, 0.4) is 0 Å². The van der Waals surface area contributed by atoms with Gasteiger partial charge in [0.2, 0.25) is 11.8 Å². The molecule has 31 heavy (non-hydrogen) atoms. The number of hydrogen-bond donors (Lipinski definition) is 1. The van der Waals surface area contributed by atoms with E-state index in [1.165, 1.54) is 4.90 Å². The maximum atomic E-state index is 13.1. The number of amides is 2. The number of carbonyl (C=O) groups excluding carboxylic acids is 2. The molecule has 0 radical (unpaired) electrons. The predicted octanol–water partition coefficient (Wildman–Crippen LogP) is 3.52. The fourth-order valence-corrected chi connectivity index (χ4v) is 3.76. The van der Waals surface area contributed by atoms with Gasteiger partial charge < -0.3 is 14.8 Å². The predicted molar refractivity (Wildman–Crippen MR) is 119 cm³/mol. The molecule has 2 heterocycles. The van der Waals surface area contributed by atoms with E-state index in [4.69, 9.17) is 16.9 Å². The number of nitriles is 1. The Morgan fingerprint density at radius 3 is 2.55 bits per heavy atom. The van der Waals surface area contributed by atoms with E-state index in [9.17, 15) is 9.59 Å². The Morgan fingerprint density at radius 1 is 1.13 bits per heavy atom. The van der Waals surface area contributed by atoms with Gasteiger partial charge in [-0.15, -0.1) is 12.4 Å². The number of nitrogens with one attached hydrogen (secondary N) is 1. The lowest BCUT2D eigenvalue weighted by molar-refractivity contribution is -0.140. The standard InChI is InChI=1S/C22H18ClN5O2.ClH/c23-17-2-1-3-18(9-17)27-12-22(30)28(13-21(27)29)20(19-11-25-14-26-19)8-15-4-6-16(10-24)7-5-15;/h1-7,9,11,14,20H,8,12-13H2,(H,25,26);1H. The van der Waals surface area contributed by atoms with Crippen LogP contribution in [0.2, 0.25) is 5.02 Å². The molecule has 7 nitrogen and oxygen atoms in total. The molecule has 1 fully saturated rings. The summed E-state index contributed by atoms with van der Waals surface area (Å²) >= 11 is 6.04. The zero-order valence-electron chi connectivity index (χ0n) is 16.4.